The van der Waals surface area contributed by atoms with Gasteiger partial charge in [-0.05, 0) is 35.9 Å². The number of thiazole rings is 1. The number of rotatable bonds is 4. The summed E-state index contributed by atoms with van der Waals surface area (Å²) in [6.45, 7) is 0. The molecule has 0 saturated carbocycles. The van der Waals surface area contributed by atoms with Gasteiger partial charge in [0.25, 0.3) is 5.56 Å². The Morgan fingerprint density at radius 3 is 2.42 bits per heavy atom. The van der Waals surface area contributed by atoms with E-state index >= 15 is 0 Å². The molecular formula is C23H13Cl3N4O2S. The van der Waals surface area contributed by atoms with E-state index in [-0.39, 0.29) is 10.7 Å². The molecule has 2 aromatic heterocycles. The Bertz CT molecular complexity index is 1550. The summed E-state index contributed by atoms with van der Waals surface area (Å²) in [6.07, 6.45) is 1.01. The first kappa shape index (κ1) is 21.9. The summed E-state index contributed by atoms with van der Waals surface area (Å²) in [5, 5.41) is 7.07. The summed E-state index contributed by atoms with van der Waals surface area (Å²) in [4.78, 5) is 28.3. The van der Waals surface area contributed by atoms with Gasteiger partial charge in [0.2, 0.25) is 0 Å². The minimum Gasteiger partial charge on any atom is -0.267 e. The number of halogens is 3. The van der Waals surface area contributed by atoms with Gasteiger partial charge in [-0.3, -0.25) is 4.79 Å². The van der Waals surface area contributed by atoms with Crippen LogP contribution in [-0.4, -0.2) is 19.7 Å². The number of H-pyrrole nitrogens is 1. The fourth-order valence-corrected chi connectivity index (χ4v) is 5.68. The number of fused-ring (bicyclic) bond motifs is 1. The van der Waals surface area contributed by atoms with Gasteiger partial charge in [0.15, 0.2) is 0 Å². The predicted octanol–water partition coefficient (Wildman–Crippen LogP) is 5.37. The molecule has 10 heteroatoms. The number of nitrogens with zero attached hydrogens (tertiary/aromatic N) is 3. The summed E-state index contributed by atoms with van der Waals surface area (Å²) in [7, 11) is 0. The second kappa shape index (κ2) is 8.43. The molecule has 1 N–H and O–H groups in total. The molecule has 1 atom stereocenters. The normalized spacial score (nSPS) is 13.2. The van der Waals surface area contributed by atoms with E-state index in [2.05, 4.69) is 10.2 Å². The van der Waals surface area contributed by atoms with Crippen LogP contribution in [0.3, 0.4) is 0 Å². The highest BCUT2D eigenvalue weighted by Gasteiger charge is 2.40. The number of nitrogens with one attached hydrogen (secondary N) is 1. The third-order valence-electron chi connectivity index (χ3n) is 5.18. The first-order valence-electron chi connectivity index (χ1n) is 9.66. The van der Waals surface area contributed by atoms with Crippen molar-refractivity contribution in [3.8, 4) is 5.69 Å². The van der Waals surface area contributed by atoms with Crippen molar-refractivity contribution in [2.24, 2.45) is 0 Å². The lowest BCUT2D eigenvalue weighted by atomic mass is 9.90. The maximum absolute atomic E-state index is 12.4. The first-order valence-corrected chi connectivity index (χ1v) is 11.6. The molecule has 33 heavy (non-hydrogen) atoms. The van der Waals surface area contributed by atoms with E-state index < -0.39 is 16.1 Å². The Morgan fingerprint density at radius 1 is 0.939 bits per heavy atom. The Hall–Kier alpha value is -2.97. The van der Waals surface area contributed by atoms with Crippen molar-refractivity contribution in [2.45, 2.75) is 4.87 Å². The molecule has 0 spiro atoms. The molecule has 0 aliphatic rings. The summed E-state index contributed by atoms with van der Waals surface area (Å²) < 4.78 is 1.87. The van der Waals surface area contributed by atoms with Crippen LogP contribution in [0.2, 0.25) is 10.0 Å². The minimum atomic E-state index is -1.31. The molecule has 0 fully saturated rings. The quantitative estimate of drug-likeness (QED) is 0.326. The predicted molar refractivity (Wildman–Crippen MR) is 132 cm³/mol. The highest BCUT2D eigenvalue weighted by molar-refractivity contribution is 7.19. The van der Waals surface area contributed by atoms with Crippen molar-refractivity contribution in [3.05, 3.63) is 120 Å². The van der Waals surface area contributed by atoms with E-state index in [4.69, 9.17) is 39.8 Å². The van der Waals surface area contributed by atoms with Crippen molar-refractivity contribution < 1.29 is 0 Å². The molecule has 0 bridgehead atoms. The maximum atomic E-state index is 12.4. The van der Waals surface area contributed by atoms with Crippen LogP contribution < -0.4 is 11.2 Å². The largest absolute Gasteiger partial charge is 0.349 e. The van der Waals surface area contributed by atoms with E-state index in [1.165, 1.54) is 11.3 Å². The van der Waals surface area contributed by atoms with Crippen molar-refractivity contribution in [1.29, 1.82) is 0 Å². The molecule has 2 heterocycles. The molecule has 6 nitrogen and oxygen atoms in total. The lowest BCUT2D eigenvalue weighted by molar-refractivity contribution is 0.793. The third kappa shape index (κ3) is 3.67. The zero-order valence-electron chi connectivity index (χ0n) is 16.6. The maximum Gasteiger partial charge on any atom is 0.349 e. The van der Waals surface area contributed by atoms with Gasteiger partial charge < -0.3 is 0 Å². The monoisotopic (exact) mass is 514 g/mol. The van der Waals surface area contributed by atoms with Gasteiger partial charge in [0, 0.05) is 10.6 Å². The van der Waals surface area contributed by atoms with E-state index in [0.29, 0.717) is 21.2 Å². The number of aromatic nitrogens is 4. The second-order valence-electron chi connectivity index (χ2n) is 7.14. The van der Waals surface area contributed by atoms with Crippen LogP contribution in [0.25, 0.3) is 15.9 Å². The van der Waals surface area contributed by atoms with E-state index in [1.807, 2.05) is 24.3 Å². The average Bonchev–Trinajstić information content (AvgIpc) is 3.25. The Morgan fingerprint density at radius 2 is 1.70 bits per heavy atom. The van der Waals surface area contributed by atoms with Crippen LogP contribution >= 0.6 is 46.1 Å². The SMILES string of the molecule is O=c1cn[nH]c(=O)n1-c1cccc(C(Cl)(c2ccc(Cl)cc2)c2nc3ccccc3s2)c1Cl. The van der Waals surface area contributed by atoms with Crippen LogP contribution in [0.4, 0.5) is 0 Å². The van der Waals surface area contributed by atoms with E-state index in [1.54, 1.807) is 42.5 Å². The van der Waals surface area contributed by atoms with Crippen molar-refractivity contribution in [2.75, 3.05) is 0 Å². The Balaban J connectivity index is 1.82. The zero-order chi connectivity index (χ0) is 23.2. The third-order valence-corrected chi connectivity index (χ3v) is 7.70. The molecule has 1 unspecified atom stereocenters. The van der Waals surface area contributed by atoms with Crippen LogP contribution in [0.15, 0.2) is 82.5 Å². The van der Waals surface area contributed by atoms with Crippen LogP contribution in [-0.2, 0) is 4.87 Å². The lowest BCUT2D eigenvalue weighted by Gasteiger charge is -2.28. The fraction of sp³-hybridized carbons (Fsp3) is 0.0435. The molecule has 164 valence electrons. The van der Waals surface area contributed by atoms with Crippen LogP contribution in [0.1, 0.15) is 16.1 Å². The number of aromatic amines is 1. The molecule has 0 saturated heterocycles. The highest BCUT2D eigenvalue weighted by Crippen LogP contribution is 2.49. The van der Waals surface area contributed by atoms with Crippen LogP contribution in [0.5, 0.6) is 0 Å². The standard InChI is InChI=1S/C23H13Cl3N4O2S/c24-14-10-8-13(9-11-14)23(26,21-28-16-5-1-2-7-18(16)33-21)15-4-3-6-17(20(15)25)30-19(31)12-27-29-22(30)32/h1-12H,(H,29,32). The van der Waals surface area contributed by atoms with E-state index in [9.17, 15) is 9.59 Å². The van der Waals surface area contributed by atoms with Crippen molar-refractivity contribution in [3.63, 3.8) is 0 Å². The van der Waals surface area contributed by atoms with Gasteiger partial charge in [0.1, 0.15) is 16.1 Å². The van der Waals surface area contributed by atoms with Crippen LogP contribution in [0, 0.1) is 0 Å². The number of hydrogen-bond acceptors (Lipinski definition) is 5. The summed E-state index contributed by atoms with van der Waals surface area (Å²) in [6, 6.07) is 19.8. The summed E-state index contributed by atoms with van der Waals surface area (Å²) in [5.74, 6) is 0. The lowest BCUT2D eigenvalue weighted by Crippen LogP contribution is -2.34. The second-order valence-corrected chi connectivity index (χ2v) is 9.55. The molecular weight excluding hydrogens is 503 g/mol. The minimum absolute atomic E-state index is 0.139. The van der Waals surface area contributed by atoms with Crippen molar-refractivity contribution >= 4 is 56.4 Å². The first-order chi connectivity index (χ1) is 15.9. The Kier molecular flexibility index (Phi) is 5.58. The number of hydrogen-bond donors (Lipinski definition) is 1. The molecule has 0 amide bonds. The summed E-state index contributed by atoms with van der Waals surface area (Å²) >= 11 is 21.8. The molecule has 0 radical (unpaired) electrons. The zero-order valence-corrected chi connectivity index (χ0v) is 19.7. The number of alkyl halides is 1. The molecule has 0 aliphatic carbocycles. The van der Waals surface area contributed by atoms with Gasteiger partial charge in [-0.2, -0.15) is 5.10 Å². The van der Waals surface area contributed by atoms with Gasteiger partial charge >= 0.3 is 5.69 Å². The van der Waals surface area contributed by atoms with Gasteiger partial charge in [-0.25, -0.2) is 19.4 Å². The number of para-hydroxylation sites is 1. The van der Waals surface area contributed by atoms with Gasteiger partial charge in [-0.15, -0.1) is 22.9 Å². The highest BCUT2D eigenvalue weighted by atomic mass is 35.5. The molecule has 3 aromatic carbocycles. The summed E-state index contributed by atoms with van der Waals surface area (Å²) in [5.41, 5.74) is 0.793. The molecule has 0 aliphatic heterocycles. The van der Waals surface area contributed by atoms with Gasteiger partial charge in [0.05, 0.1) is 20.9 Å². The van der Waals surface area contributed by atoms with Gasteiger partial charge in [-0.1, -0.05) is 59.6 Å². The molecule has 5 aromatic rings. The van der Waals surface area contributed by atoms with Crippen molar-refractivity contribution in [1.82, 2.24) is 19.7 Å². The number of benzene rings is 3. The topological polar surface area (TPSA) is 80.6 Å². The fourth-order valence-electron chi connectivity index (χ4n) is 3.63. The average molecular weight is 516 g/mol. The van der Waals surface area contributed by atoms with E-state index in [0.717, 1.165) is 21.0 Å². The molecule has 5 rings (SSSR count). The smallest absolute Gasteiger partial charge is 0.267 e. The Labute approximate surface area is 206 Å².